The van der Waals surface area contributed by atoms with Crippen LogP contribution in [-0.4, -0.2) is 40.1 Å². The molecule has 1 spiro atoms. The molecule has 1 aromatic rings. The van der Waals surface area contributed by atoms with E-state index in [1.54, 1.807) is 29.2 Å². The van der Waals surface area contributed by atoms with E-state index < -0.39 is 29.5 Å². The van der Waals surface area contributed by atoms with Crippen molar-refractivity contribution in [2.24, 2.45) is 11.8 Å². The summed E-state index contributed by atoms with van der Waals surface area (Å²) in [5.74, 6) is -2.71. The molecule has 2 fully saturated rings. The molecule has 5 nitrogen and oxygen atoms in total. The summed E-state index contributed by atoms with van der Waals surface area (Å²) in [5, 5.41) is 10.3. The van der Waals surface area contributed by atoms with Gasteiger partial charge in [0.05, 0.1) is 28.6 Å². The van der Waals surface area contributed by atoms with Crippen LogP contribution in [0, 0.1) is 11.8 Å². The molecule has 0 aliphatic carbocycles. The fourth-order valence-electron chi connectivity index (χ4n) is 3.87. The van der Waals surface area contributed by atoms with Gasteiger partial charge in [-0.05, 0) is 11.6 Å². The van der Waals surface area contributed by atoms with E-state index in [1.807, 2.05) is 6.08 Å². The van der Waals surface area contributed by atoms with Gasteiger partial charge in [0.1, 0.15) is 11.5 Å². The highest BCUT2D eigenvalue weighted by molar-refractivity contribution is 6.42. The van der Waals surface area contributed by atoms with Crippen LogP contribution in [0.1, 0.15) is 5.56 Å². The molecule has 0 saturated carbocycles. The molecule has 3 aliphatic rings. The Balaban J connectivity index is 1.64. The Bertz CT molecular complexity index is 750. The molecular formula is C16H13Cl2NO4. The molecular weight excluding hydrogens is 341 g/mol. The molecule has 3 heterocycles. The van der Waals surface area contributed by atoms with Crippen LogP contribution in [0.4, 0.5) is 0 Å². The lowest BCUT2D eigenvalue weighted by Gasteiger charge is -2.21. The second-order valence-corrected chi connectivity index (χ2v) is 6.93. The molecule has 7 heteroatoms. The van der Waals surface area contributed by atoms with Crippen molar-refractivity contribution in [1.82, 2.24) is 4.90 Å². The van der Waals surface area contributed by atoms with Gasteiger partial charge in [-0.3, -0.25) is 9.59 Å². The molecule has 3 aliphatic heterocycles. The third-order valence-corrected chi connectivity index (χ3v) is 5.71. The maximum Gasteiger partial charge on any atom is 0.310 e. The first-order valence-corrected chi connectivity index (χ1v) is 8.00. The molecule has 4 atom stereocenters. The fourth-order valence-corrected chi connectivity index (χ4v) is 4.25. The van der Waals surface area contributed by atoms with E-state index in [0.29, 0.717) is 16.6 Å². The number of halogens is 2. The highest BCUT2D eigenvalue weighted by Gasteiger charge is 2.67. The van der Waals surface area contributed by atoms with E-state index in [9.17, 15) is 14.7 Å². The number of hydrogen-bond donors (Lipinski definition) is 1. The number of nitrogens with zero attached hydrogens (tertiary/aromatic N) is 1. The van der Waals surface area contributed by atoms with E-state index >= 15 is 0 Å². The van der Waals surface area contributed by atoms with Gasteiger partial charge in [-0.1, -0.05) is 47.5 Å². The third-order valence-electron chi connectivity index (χ3n) is 4.86. The minimum Gasteiger partial charge on any atom is -0.481 e. The molecule has 1 amide bonds. The lowest BCUT2D eigenvalue weighted by atomic mass is 9.77. The Labute approximate surface area is 142 Å². The largest absolute Gasteiger partial charge is 0.481 e. The summed E-state index contributed by atoms with van der Waals surface area (Å²) < 4.78 is 5.84. The van der Waals surface area contributed by atoms with Crippen molar-refractivity contribution in [2.75, 3.05) is 6.54 Å². The zero-order valence-electron chi connectivity index (χ0n) is 11.9. The van der Waals surface area contributed by atoms with Gasteiger partial charge in [0.2, 0.25) is 5.91 Å². The predicted octanol–water partition coefficient (Wildman–Crippen LogP) is 2.36. The van der Waals surface area contributed by atoms with E-state index in [2.05, 4.69) is 0 Å². The van der Waals surface area contributed by atoms with Crippen LogP contribution < -0.4 is 0 Å². The maximum absolute atomic E-state index is 12.8. The number of benzene rings is 1. The molecule has 0 radical (unpaired) electrons. The van der Waals surface area contributed by atoms with E-state index in [-0.39, 0.29) is 12.5 Å². The summed E-state index contributed by atoms with van der Waals surface area (Å²) in [6.45, 7) is 0.612. The van der Waals surface area contributed by atoms with Crippen LogP contribution in [0.25, 0.3) is 0 Å². The second kappa shape index (κ2) is 4.97. The van der Waals surface area contributed by atoms with Gasteiger partial charge in [-0.25, -0.2) is 0 Å². The number of fused-ring (bicyclic) bond motifs is 1. The molecule has 1 aromatic carbocycles. The zero-order chi connectivity index (χ0) is 16.4. The number of carbonyl (C=O) groups is 2. The van der Waals surface area contributed by atoms with Crippen molar-refractivity contribution in [2.45, 2.75) is 18.2 Å². The van der Waals surface area contributed by atoms with E-state index in [4.69, 9.17) is 27.9 Å². The number of ether oxygens (including phenoxy) is 1. The number of amides is 1. The van der Waals surface area contributed by atoms with E-state index in [1.165, 1.54) is 0 Å². The van der Waals surface area contributed by atoms with Crippen molar-refractivity contribution in [3.05, 3.63) is 46.0 Å². The average Bonchev–Trinajstić information content (AvgIpc) is 3.13. The Hall–Kier alpha value is -1.56. The van der Waals surface area contributed by atoms with Crippen molar-refractivity contribution < 1.29 is 19.4 Å². The number of rotatable bonds is 3. The van der Waals surface area contributed by atoms with Crippen LogP contribution in [-0.2, 0) is 20.9 Å². The Morgan fingerprint density at radius 1 is 1.43 bits per heavy atom. The number of carboxylic acids is 1. The van der Waals surface area contributed by atoms with Gasteiger partial charge in [-0.15, -0.1) is 0 Å². The van der Waals surface area contributed by atoms with Gasteiger partial charge >= 0.3 is 5.97 Å². The lowest BCUT2D eigenvalue weighted by Crippen LogP contribution is -2.39. The van der Waals surface area contributed by atoms with Gasteiger partial charge in [-0.2, -0.15) is 0 Å². The minimum absolute atomic E-state index is 0.208. The molecule has 1 N–H and O–H groups in total. The molecule has 4 rings (SSSR count). The first-order chi connectivity index (χ1) is 10.9. The summed E-state index contributed by atoms with van der Waals surface area (Å²) in [6.07, 6.45) is 3.07. The summed E-state index contributed by atoms with van der Waals surface area (Å²) in [4.78, 5) is 25.9. The number of carboxylic acid groups (broad SMARTS) is 1. The Morgan fingerprint density at radius 3 is 2.96 bits per heavy atom. The van der Waals surface area contributed by atoms with Crippen molar-refractivity contribution in [3.8, 4) is 0 Å². The number of aliphatic carboxylic acids is 1. The molecule has 120 valence electrons. The predicted molar refractivity (Wildman–Crippen MR) is 83.2 cm³/mol. The van der Waals surface area contributed by atoms with Gasteiger partial charge in [0.25, 0.3) is 0 Å². The molecule has 2 bridgehead atoms. The lowest BCUT2D eigenvalue weighted by molar-refractivity contribution is -0.148. The first-order valence-electron chi connectivity index (χ1n) is 7.24. The third kappa shape index (κ3) is 2.04. The monoisotopic (exact) mass is 353 g/mol. The van der Waals surface area contributed by atoms with Crippen LogP contribution >= 0.6 is 23.2 Å². The first kappa shape index (κ1) is 15.0. The Morgan fingerprint density at radius 2 is 2.22 bits per heavy atom. The number of hydrogen-bond acceptors (Lipinski definition) is 3. The van der Waals surface area contributed by atoms with Crippen LogP contribution in [0.15, 0.2) is 30.4 Å². The van der Waals surface area contributed by atoms with Crippen molar-refractivity contribution in [3.63, 3.8) is 0 Å². The van der Waals surface area contributed by atoms with E-state index in [0.717, 1.165) is 5.56 Å². The SMILES string of the molecule is O=C(O)[C@H]1[C@H]2C=C[C@]3(CN(Cc4cccc(Cl)c4Cl)C(=O)[C@@H]13)O2. The quantitative estimate of drug-likeness (QED) is 0.847. The van der Waals surface area contributed by atoms with Crippen LogP contribution in [0.5, 0.6) is 0 Å². The average molecular weight is 354 g/mol. The van der Waals surface area contributed by atoms with Gasteiger partial charge in [0.15, 0.2) is 0 Å². The molecule has 0 aromatic heterocycles. The zero-order valence-corrected chi connectivity index (χ0v) is 13.4. The molecule has 23 heavy (non-hydrogen) atoms. The smallest absolute Gasteiger partial charge is 0.310 e. The number of likely N-dealkylation sites (tertiary alicyclic amines) is 1. The van der Waals surface area contributed by atoms with Crippen molar-refractivity contribution in [1.29, 1.82) is 0 Å². The molecule has 0 unspecified atom stereocenters. The summed E-state index contributed by atoms with van der Waals surface area (Å²) in [6, 6.07) is 5.25. The standard InChI is InChI=1S/C16H13Cl2NO4/c17-9-3-1-2-8(13(9)18)6-19-7-16-5-4-10(23-16)11(15(21)22)12(16)14(19)20/h1-5,10-12H,6-7H2,(H,21,22)/t10-,11+,12-,16-/m1/s1. The summed E-state index contributed by atoms with van der Waals surface area (Å²) in [7, 11) is 0. The van der Waals surface area contributed by atoms with Gasteiger partial charge in [0, 0.05) is 6.54 Å². The normalized spacial score (nSPS) is 34.3. The Kier molecular flexibility index (Phi) is 3.24. The molecule has 2 saturated heterocycles. The van der Waals surface area contributed by atoms with Crippen molar-refractivity contribution >= 4 is 35.1 Å². The number of carbonyl (C=O) groups excluding carboxylic acids is 1. The topological polar surface area (TPSA) is 66.8 Å². The highest BCUT2D eigenvalue weighted by Crippen LogP contribution is 2.52. The van der Waals surface area contributed by atoms with Crippen LogP contribution in [0.2, 0.25) is 10.0 Å². The van der Waals surface area contributed by atoms with Crippen LogP contribution in [0.3, 0.4) is 0 Å². The minimum atomic E-state index is -0.998. The highest BCUT2D eigenvalue weighted by atomic mass is 35.5. The van der Waals surface area contributed by atoms with Gasteiger partial charge < -0.3 is 14.7 Å². The summed E-state index contributed by atoms with van der Waals surface area (Å²) >= 11 is 12.2. The fraction of sp³-hybridized carbons (Fsp3) is 0.375. The summed E-state index contributed by atoms with van der Waals surface area (Å²) in [5.41, 5.74) is -0.0927. The second-order valence-electron chi connectivity index (χ2n) is 6.15. The maximum atomic E-state index is 12.8.